The second-order valence-corrected chi connectivity index (χ2v) is 8.09. The van der Waals surface area contributed by atoms with Gasteiger partial charge in [0.05, 0.1) is 5.39 Å². The van der Waals surface area contributed by atoms with Crippen molar-refractivity contribution >= 4 is 44.9 Å². The Bertz CT molecular complexity index is 954. The van der Waals surface area contributed by atoms with Crippen LogP contribution in [0.2, 0.25) is 5.02 Å². The summed E-state index contributed by atoms with van der Waals surface area (Å²) in [6.07, 6.45) is 2.14. The van der Waals surface area contributed by atoms with Crippen LogP contribution in [-0.2, 0) is 11.3 Å². The number of carbonyl (C=O) groups excluding carboxylic acids is 1. The lowest BCUT2D eigenvalue weighted by Gasteiger charge is -2.35. The number of amides is 1. The summed E-state index contributed by atoms with van der Waals surface area (Å²) in [6.45, 7) is 4.89. The van der Waals surface area contributed by atoms with Crippen molar-refractivity contribution in [2.75, 3.05) is 37.6 Å². The van der Waals surface area contributed by atoms with Gasteiger partial charge in [-0.1, -0.05) is 29.8 Å². The van der Waals surface area contributed by atoms with Crippen molar-refractivity contribution in [1.82, 2.24) is 20.2 Å². The Hall–Kier alpha value is -2.22. The lowest BCUT2D eigenvalue weighted by Crippen LogP contribution is -2.47. The molecule has 0 saturated carbocycles. The van der Waals surface area contributed by atoms with Gasteiger partial charge in [0, 0.05) is 50.7 Å². The maximum atomic E-state index is 12.2. The smallest absolute Gasteiger partial charge is 0.221 e. The molecule has 0 atom stereocenters. The lowest BCUT2D eigenvalue weighted by atomic mass is 10.2. The molecule has 6 nitrogen and oxygen atoms in total. The van der Waals surface area contributed by atoms with E-state index in [1.54, 1.807) is 17.7 Å². The van der Waals surface area contributed by atoms with Crippen LogP contribution in [0.25, 0.3) is 10.2 Å². The monoisotopic (exact) mass is 415 g/mol. The largest absolute Gasteiger partial charge is 0.353 e. The van der Waals surface area contributed by atoms with Crippen molar-refractivity contribution in [2.24, 2.45) is 0 Å². The number of halogens is 1. The molecule has 0 radical (unpaired) electrons. The molecule has 0 bridgehead atoms. The molecule has 1 fully saturated rings. The van der Waals surface area contributed by atoms with Crippen molar-refractivity contribution in [3.05, 3.63) is 52.6 Å². The molecule has 1 aliphatic rings. The number of nitrogens with one attached hydrogen (secondary N) is 1. The quantitative estimate of drug-likeness (QED) is 0.670. The predicted octanol–water partition coefficient (Wildman–Crippen LogP) is 3.17. The first kappa shape index (κ1) is 19.1. The molecule has 4 rings (SSSR count). The number of thiophene rings is 1. The van der Waals surface area contributed by atoms with Crippen molar-refractivity contribution in [2.45, 2.75) is 13.0 Å². The van der Waals surface area contributed by atoms with E-state index in [4.69, 9.17) is 11.6 Å². The van der Waals surface area contributed by atoms with Crippen molar-refractivity contribution in [3.63, 3.8) is 0 Å². The molecule has 0 spiro atoms. The zero-order chi connectivity index (χ0) is 19.3. The van der Waals surface area contributed by atoms with E-state index in [1.165, 1.54) is 0 Å². The second-order valence-electron chi connectivity index (χ2n) is 6.78. The van der Waals surface area contributed by atoms with Gasteiger partial charge in [0.25, 0.3) is 0 Å². The molecule has 1 saturated heterocycles. The van der Waals surface area contributed by atoms with Gasteiger partial charge < -0.3 is 10.2 Å². The number of aromatic nitrogens is 2. The maximum absolute atomic E-state index is 12.2. The van der Waals surface area contributed by atoms with Crippen LogP contribution in [0.5, 0.6) is 0 Å². The third-order valence-electron chi connectivity index (χ3n) is 5.00. The molecular formula is C20H22ClN5OS. The second kappa shape index (κ2) is 8.86. The highest BCUT2D eigenvalue weighted by Gasteiger charge is 2.20. The van der Waals surface area contributed by atoms with E-state index < -0.39 is 0 Å². The molecule has 1 aromatic carbocycles. The average molecular weight is 416 g/mol. The Morgan fingerprint density at radius 1 is 1.14 bits per heavy atom. The van der Waals surface area contributed by atoms with Crippen LogP contribution in [0.1, 0.15) is 12.0 Å². The van der Waals surface area contributed by atoms with Gasteiger partial charge in [-0.3, -0.25) is 9.69 Å². The van der Waals surface area contributed by atoms with Crippen LogP contribution in [0, 0.1) is 0 Å². The Kier molecular flexibility index (Phi) is 6.04. The van der Waals surface area contributed by atoms with E-state index in [0.717, 1.165) is 54.3 Å². The summed E-state index contributed by atoms with van der Waals surface area (Å²) in [5, 5.41) is 6.82. The minimum Gasteiger partial charge on any atom is -0.353 e. The molecule has 28 heavy (non-hydrogen) atoms. The number of carbonyl (C=O) groups is 1. The summed E-state index contributed by atoms with van der Waals surface area (Å²) in [5.74, 6) is 1.07. The Morgan fingerprint density at radius 3 is 2.79 bits per heavy atom. The maximum Gasteiger partial charge on any atom is 0.221 e. The summed E-state index contributed by atoms with van der Waals surface area (Å²) in [4.78, 5) is 26.7. The molecule has 8 heteroatoms. The van der Waals surface area contributed by atoms with Crippen LogP contribution in [-0.4, -0.2) is 53.5 Å². The fourth-order valence-corrected chi connectivity index (χ4v) is 4.33. The molecule has 2 aromatic heterocycles. The van der Waals surface area contributed by atoms with Crippen LogP contribution < -0.4 is 10.2 Å². The van der Waals surface area contributed by atoms with Crippen LogP contribution in [0.3, 0.4) is 0 Å². The number of anilines is 1. The molecule has 3 aromatic rings. The molecule has 0 unspecified atom stereocenters. The number of hydrogen-bond donors (Lipinski definition) is 1. The molecule has 1 N–H and O–H groups in total. The number of benzene rings is 1. The number of hydrogen-bond acceptors (Lipinski definition) is 6. The van der Waals surface area contributed by atoms with Gasteiger partial charge in [0.2, 0.25) is 5.91 Å². The molecular weight excluding hydrogens is 394 g/mol. The Labute approximate surface area is 173 Å². The van der Waals surface area contributed by atoms with E-state index in [-0.39, 0.29) is 5.91 Å². The summed E-state index contributed by atoms with van der Waals surface area (Å²) in [7, 11) is 0. The summed E-state index contributed by atoms with van der Waals surface area (Å²) in [5.41, 5.74) is 0.940. The van der Waals surface area contributed by atoms with Gasteiger partial charge in [-0.25, -0.2) is 9.97 Å². The summed E-state index contributed by atoms with van der Waals surface area (Å²) >= 11 is 7.77. The van der Waals surface area contributed by atoms with Gasteiger partial charge in [0.15, 0.2) is 0 Å². The number of rotatable bonds is 6. The third-order valence-corrected chi connectivity index (χ3v) is 6.19. The van der Waals surface area contributed by atoms with Crippen LogP contribution >= 0.6 is 22.9 Å². The number of fused-ring (bicyclic) bond motifs is 1. The lowest BCUT2D eigenvalue weighted by molar-refractivity contribution is -0.121. The summed E-state index contributed by atoms with van der Waals surface area (Å²) in [6, 6.07) is 9.67. The highest BCUT2D eigenvalue weighted by atomic mass is 35.5. The van der Waals surface area contributed by atoms with Crippen LogP contribution in [0.15, 0.2) is 42.0 Å². The third kappa shape index (κ3) is 4.43. The fraction of sp³-hybridized carbons (Fsp3) is 0.350. The molecule has 1 amide bonds. The van der Waals surface area contributed by atoms with E-state index in [2.05, 4.69) is 36.5 Å². The molecule has 146 valence electrons. The van der Waals surface area contributed by atoms with Crippen LogP contribution in [0.4, 0.5) is 5.82 Å². The minimum absolute atomic E-state index is 0.0538. The Morgan fingerprint density at radius 2 is 1.96 bits per heavy atom. The zero-order valence-electron chi connectivity index (χ0n) is 15.5. The van der Waals surface area contributed by atoms with E-state index >= 15 is 0 Å². The summed E-state index contributed by atoms with van der Waals surface area (Å²) < 4.78 is 0. The van der Waals surface area contributed by atoms with Gasteiger partial charge in [0.1, 0.15) is 17.0 Å². The topological polar surface area (TPSA) is 61.4 Å². The van der Waals surface area contributed by atoms with Crippen molar-refractivity contribution in [3.8, 4) is 0 Å². The SMILES string of the molecule is O=C(CCN1CCN(c2ncnc3sccc23)CC1)NCc1ccccc1Cl. The first-order valence-electron chi connectivity index (χ1n) is 9.36. The highest BCUT2D eigenvalue weighted by molar-refractivity contribution is 7.16. The molecule has 0 aliphatic carbocycles. The van der Waals surface area contributed by atoms with Crippen molar-refractivity contribution in [1.29, 1.82) is 0 Å². The standard InChI is InChI=1S/C20H22ClN5OS/c21-17-4-2-1-3-15(17)13-22-18(27)5-7-25-8-10-26(11-9-25)19-16-6-12-28-20(16)24-14-23-19/h1-4,6,12,14H,5,7-11,13H2,(H,22,27). The van der Waals surface area contributed by atoms with Gasteiger partial charge >= 0.3 is 0 Å². The number of piperazine rings is 1. The molecule has 1 aliphatic heterocycles. The predicted molar refractivity (Wildman–Crippen MR) is 114 cm³/mol. The average Bonchev–Trinajstić information content (AvgIpc) is 3.21. The normalized spacial score (nSPS) is 15.1. The fourth-order valence-electron chi connectivity index (χ4n) is 3.40. The van der Waals surface area contributed by atoms with Crippen molar-refractivity contribution < 1.29 is 4.79 Å². The van der Waals surface area contributed by atoms with Gasteiger partial charge in [-0.15, -0.1) is 11.3 Å². The minimum atomic E-state index is 0.0538. The zero-order valence-corrected chi connectivity index (χ0v) is 17.0. The van der Waals surface area contributed by atoms with E-state index in [1.807, 2.05) is 24.3 Å². The van der Waals surface area contributed by atoms with E-state index in [9.17, 15) is 4.79 Å². The van der Waals surface area contributed by atoms with E-state index in [0.29, 0.717) is 18.0 Å². The number of nitrogens with zero attached hydrogens (tertiary/aromatic N) is 4. The Balaban J connectivity index is 1.23. The first-order chi connectivity index (χ1) is 13.7. The first-order valence-corrected chi connectivity index (χ1v) is 10.6. The highest BCUT2D eigenvalue weighted by Crippen LogP contribution is 2.27. The van der Waals surface area contributed by atoms with Gasteiger partial charge in [-0.05, 0) is 23.1 Å². The van der Waals surface area contributed by atoms with Gasteiger partial charge in [-0.2, -0.15) is 0 Å². The molecule has 3 heterocycles.